The Hall–Kier alpha value is -1.74. The van der Waals surface area contributed by atoms with E-state index in [1.807, 2.05) is 17.5 Å². The zero-order valence-electron chi connectivity index (χ0n) is 14.8. The fraction of sp³-hybridized carbons (Fsp3) is 0.389. The zero-order chi connectivity index (χ0) is 19.0. The molecule has 0 radical (unpaired) electrons. The van der Waals surface area contributed by atoms with E-state index in [1.165, 1.54) is 23.5 Å². The van der Waals surface area contributed by atoms with Crippen LogP contribution in [0.3, 0.4) is 0 Å². The summed E-state index contributed by atoms with van der Waals surface area (Å²) in [5, 5.41) is 4.76. The molecular weight excluding hydrogens is 370 g/mol. The minimum atomic E-state index is -3.69. The number of sulfonamides is 1. The largest absolute Gasteiger partial charge is 0.348 e. The van der Waals surface area contributed by atoms with Gasteiger partial charge in [0.05, 0.1) is 4.90 Å². The lowest BCUT2D eigenvalue weighted by atomic mass is 10.1. The first kappa shape index (κ1) is 20.6. The molecule has 2 rings (SSSR count). The maximum absolute atomic E-state index is 12.5. The third kappa shape index (κ3) is 5.91. The number of nitrogens with one attached hydrogen (secondary N) is 2. The molecule has 0 aliphatic heterocycles. The van der Waals surface area contributed by atoms with E-state index in [4.69, 9.17) is 5.73 Å². The standard InChI is InChI=1S/C18H25N3O3S2/c1-2-3-7-15(12-19)21-18(22)14-6-4-9-17(11-14)26(23,24)20-13-16-8-5-10-25-16/h4-6,8-11,15,20H,2-3,7,12-13,19H2,1H3,(H,21,22). The maximum atomic E-state index is 12.5. The highest BCUT2D eigenvalue weighted by molar-refractivity contribution is 7.89. The molecule has 1 heterocycles. The van der Waals surface area contributed by atoms with Gasteiger partial charge in [-0.2, -0.15) is 0 Å². The summed E-state index contributed by atoms with van der Waals surface area (Å²) in [5.41, 5.74) is 6.01. The fourth-order valence-electron chi connectivity index (χ4n) is 2.44. The molecule has 0 saturated heterocycles. The number of hydrogen-bond acceptors (Lipinski definition) is 5. The summed E-state index contributed by atoms with van der Waals surface area (Å²) in [7, 11) is -3.69. The van der Waals surface area contributed by atoms with Crippen molar-refractivity contribution in [1.29, 1.82) is 0 Å². The summed E-state index contributed by atoms with van der Waals surface area (Å²) in [6, 6.07) is 9.65. The summed E-state index contributed by atoms with van der Waals surface area (Å²) >= 11 is 1.48. The van der Waals surface area contributed by atoms with Crippen molar-refractivity contribution in [3.8, 4) is 0 Å². The van der Waals surface area contributed by atoms with Crippen molar-refractivity contribution in [1.82, 2.24) is 10.0 Å². The van der Waals surface area contributed by atoms with Crippen LogP contribution in [-0.4, -0.2) is 26.9 Å². The number of benzene rings is 1. The molecule has 1 aromatic carbocycles. The van der Waals surface area contributed by atoms with Crippen LogP contribution in [0, 0.1) is 0 Å². The van der Waals surface area contributed by atoms with Crippen molar-refractivity contribution in [2.24, 2.45) is 5.73 Å². The Bertz CT molecular complexity index is 805. The summed E-state index contributed by atoms with van der Waals surface area (Å²) < 4.78 is 27.5. The number of carbonyl (C=O) groups is 1. The predicted molar refractivity (Wildman–Crippen MR) is 105 cm³/mol. The second-order valence-electron chi connectivity index (χ2n) is 5.98. The lowest BCUT2D eigenvalue weighted by molar-refractivity contribution is 0.0935. The second-order valence-corrected chi connectivity index (χ2v) is 8.78. The van der Waals surface area contributed by atoms with Crippen LogP contribution in [0.25, 0.3) is 0 Å². The van der Waals surface area contributed by atoms with Crippen LogP contribution in [0.4, 0.5) is 0 Å². The smallest absolute Gasteiger partial charge is 0.251 e. The average molecular weight is 396 g/mol. The normalized spacial score (nSPS) is 12.7. The third-order valence-electron chi connectivity index (χ3n) is 3.95. The van der Waals surface area contributed by atoms with Gasteiger partial charge in [0.15, 0.2) is 0 Å². The van der Waals surface area contributed by atoms with E-state index in [-0.39, 0.29) is 23.4 Å². The van der Waals surface area contributed by atoms with Crippen molar-refractivity contribution < 1.29 is 13.2 Å². The van der Waals surface area contributed by atoms with E-state index < -0.39 is 10.0 Å². The quantitative estimate of drug-likeness (QED) is 0.575. The van der Waals surface area contributed by atoms with Gasteiger partial charge in [0.25, 0.3) is 5.91 Å². The number of rotatable bonds is 10. The molecule has 8 heteroatoms. The van der Waals surface area contributed by atoms with Gasteiger partial charge in [0.1, 0.15) is 0 Å². The molecule has 1 unspecified atom stereocenters. The predicted octanol–water partition coefficient (Wildman–Crippen LogP) is 2.47. The maximum Gasteiger partial charge on any atom is 0.251 e. The summed E-state index contributed by atoms with van der Waals surface area (Å²) in [5.74, 6) is -0.313. The first-order chi connectivity index (χ1) is 12.5. The van der Waals surface area contributed by atoms with E-state index in [2.05, 4.69) is 17.0 Å². The highest BCUT2D eigenvalue weighted by atomic mass is 32.2. The van der Waals surface area contributed by atoms with E-state index >= 15 is 0 Å². The van der Waals surface area contributed by atoms with Crippen molar-refractivity contribution >= 4 is 27.3 Å². The average Bonchev–Trinajstić information content (AvgIpc) is 3.17. The van der Waals surface area contributed by atoms with Crippen molar-refractivity contribution in [3.05, 3.63) is 52.2 Å². The Balaban J connectivity index is 2.07. The third-order valence-corrected chi connectivity index (χ3v) is 6.22. The Labute approximate surface area is 158 Å². The van der Waals surface area contributed by atoms with Gasteiger partial charge in [0.2, 0.25) is 10.0 Å². The van der Waals surface area contributed by atoms with Crippen LogP contribution >= 0.6 is 11.3 Å². The first-order valence-corrected chi connectivity index (χ1v) is 11.0. The van der Waals surface area contributed by atoms with Gasteiger partial charge in [-0.3, -0.25) is 4.79 Å². The molecule has 0 spiro atoms. The first-order valence-electron chi connectivity index (χ1n) is 8.59. The van der Waals surface area contributed by atoms with Crippen molar-refractivity contribution in [2.45, 2.75) is 43.7 Å². The van der Waals surface area contributed by atoms with Crippen LogP contribution < -0.4 is 15.8 Å². The molecule has 1 atom stereocenters. The summed E-state index contributed by atoms with van der Waals surface area (Å²) in [6.07, 6.45) is 2.80. The molecule has 0 saturated carbocycles. The molecule has 0 aliphatic rings. The van der Waals surface area contributed by atoms with E-state index in [0.29, 0.717) is 12.1 Å². The minimum Gasteiger partial charge on any atom is -0.348 e. The Kier molecular flexibility index (Phi) is 7.77. The Morgan fingerprint density at radius 1 is 1.27 bits per heavy atom. The van der Waals surface area contributed by atoms with Crippen LogP contribution in [0.5, 0.6) is 0 Å². The summed E-state index contributed by atoms with van der Waals surface area (Å²) in [4.78, 5) is 13.4. The fourth-order valence-corrected chi connectivity index (χ4v) is 4.22. The monoisotopic (exact) mass is 395 g/mol. The number of hydrogen-bond donors (Lipinski definition) is 3. The molecule has 26 heavy (non-hydrogen) atoms. The van der Waals surface area contributed by atoms with E-state index in [1.54, 1.807) is 12.1 Å². The number of thiophene rings is 1. The van der Waals surface area contributed by atoms with Gasteiger partial charge in [-0.1, -0.05) is 31.9 Å². The number of nitrogens with two attached hydrogens (primary N) is 1. The SMILES string of the molecule is CCCCC(CN)NC(=O)c1cccc(S(=O)(=O)NCc2cccs2)c1. The molecule has 0 fully saturated rings. The van der Waals surface area contributed by atoms with Crippen LogP contribution in [0.1, 0.15) is 41.4 Å². The number of amides is 1. The molecule has 142 valence electrons. The lowest BCUT2D eigenvalue weighted by Crippen LogP contribution is -2.40. The second kappa shape index (κ2) is 9.82. The molecule has 2 aromatic rings. The van der Waals surface area contributed by atoms with Gasteiger partial charge in [0, 0.05) is 29.6 Å². The molecule has 0 aliphatic carbocycles. The Morgan fingerprint density at radius 2 is 2.08 bits per heavy atom. The van der Waals surface area contributed by atoms with Gasteiger partial charge >= 0.3 is 0 Å². The molecule has 0 bridgehead atoms. The van der Waals surface area contributed by atoms with E-state index in [0.717, 1.165) is 24.1 Å². The lowest BCUT2D eigenvalue weighted by Gasteiger charge is -2.16. The van der Waals surface area contributed by atoms with Gasteiger partial charge in [-0.15, -0.1) is 11.3 Å². The molecule has 1 amide bonds. The van der Waals surface area contributed by atoms with Crippen molar-refractivity contribution in [2.75, 3.05) is 6.54 Å². The zero-order valence-corrected chi connectivity index (χ0v) is 16.4. The number of carbonyl (C=O) groups excluding carboxylic acids is 1. The van der Waals surface area contributed by atoms with Crippen LogP contribution in [0.15, 0.2) is 46.7 Å². The molecular formula is C18H25N3O3S2. The molecule has 1 aromatic heterocycles. The van der Waals surface area contributed by atoms with E-state index in [9.17, 15) is 13.2 Å². The van der Waals surface area contributed by atoms with Gasteiger partial charge in [-0.25, -0.2) is 13.1 Å². The van der Waals surface area contributed by atoms with Crippen LogP contribution in [-0.2, 0) is 16.6 Å². The van der Waals surface area contributed by atoms with Gasteiger partial charge < -0.3 is 11.1 Å². The molecule has 4 N–H and O–H groups in total. The van der Waals surface area contributed by atoms with Gasteiger partial charge in [-0.05, 0) is 36.1 Å². The summed E-state index contributed by atoms with van der Waals surface area (Å²) in [6.45, 7) is 2.65. The highest BCUT2D eigenvalue weighted by Gasteiger charge is 2.17. The topological polar surface area (TPSA) is 101 Å². The van der Waals surface area contributed by atoms with Crippen LogP contribution in [0.2, 0.25) is 0 Å². The molecule has 6 nitrogen and oxygen atoms in total. The highest BCUT2D eigenvalue weighted by Crippen LogP contribution is 2.14. The Morgan fingerprint density at radius 3 is 2.73 bits per heavy atom. The number of unbranched alkanes of at least 4 members (excludes halogenated alkanes) is 1. The minimum absolute atomic E-state index is 0.0690. The van der Waals surface area contributed by atoms with Crippen molar-refractivity contribution in [3.63, 3.8) is 0 Å².